The summed E-state index contributed by atoms with van der Waals surface area (Å²) in [5.74, 6) is 0.678. The lowest BCUT2D eigenvalue weighted by Gasteiger charge is -2.22. The standard InChI is InChI=1S/C11H21N3S/c1-9(2)6-14(5-4-12)7-11-13-10(3)8-15-11/h8-9H,4-7,12H2,1-3H3. The van der Waals surface area contributed by atoms with Gasteiger partial charge in [-0.25, -0.2) is 4.98 Å². The second-order valence-corrected chi connectivity index (χ2v) is 5.24. The van der Waals surface area contributed by atoms with Crippen molar-refractivity contribution in [3.8, 4) is 0 Å². The molecule has 0 saturated carbocycles. The molecule has 2 N–H and O–H groups in total. The van der Waals surface area contributed by atoms with Crippen LogP contribution in [0.5, 0.6) is 0 Å². The monoisotopic (exact) mass is 227 g/mol. The Morgan fingerprint density at radius 3 is 2.73 bits per heavy atom. The molecule has 4 heteroatoms. The first-order chi connectivity index (χ1) is 7.11. The van der Waals surface area contributed by atoms with E-state index < -0.39 is 0 Å². The van der Waals surface area contributed by atoms with Crippen molar-refractivity contribution in [3.05, 3.63) is 16.1 Å². The molecule has 0 aliphatic carbocycles. The molecule has 0 radical (unpaired) electrons. The molecule has 0 spiro atoms. The van der Waals surface area contributed by atoms with E-state index in [1.807, 2.05) is 6.92 Å². The van der Waals surface area contributed by atoms with Gasteiger partial charge >= 0.3 is 0 Å². The van der Waals surface area contributed by atoms with Gasteiger partial charge in [-0.2, -0.15) is 0 Å². The van der Waals surface area contributed by atoms with Gasteiger partial charge in [-0.15, -0.1) is 11.3 Å². The zero-order valence-electron chi connectivity index (χ0n) is 9.86. The fourth-order valence-corrected chi connectivity index (χ4v) is 2.41. The molecule has 0 aliphatic rings. The maximum Gasteiger partial charge on any atom is 0.107 e. The van der Waals surface area contributed by atoms with Gasteiger partial charge < -0.3 is 5.73 Å². The van der Waals surface area contributed by atoms with Gasteiger partial charge in [0.1, 0.15) is 5.01 Å². The lowest BCUT2D eigenvalue weighted by Crippen LogP contribution is -2.32. The third-order valence-corrected chi connectivity index (χ3v) is 3.05. The van der Waals surface area contributed by atoms with Gasteiger partial charge in [0.15, 0.2) is 0 Å². The molecule has 1 aromatic heterocycles. The lowest BCUT2D eigenvalue weighted by atomic mass is 10.2. The first kappa shape index (κ1) is 12.6. The van der Waals surface area contributed by atoms with Crippen molar-refractivity contribution in [1.29, 1.82) is 0 Å². The molecule has 0 unspecified atom stereocenters. The third kappa shape index (κ3) is 4.73. The van der Waals surface area contributed by atoms with Gasteiger partial charge in [-0.1, -0.05) is 13.8 Å². The van der Waals surface area contributed by atoms with E-state index in [9.17, 15) is 0 Å². The van der Waals surface area contributed by atoms with Gasteiger partial charge in [-0.3, -0.25) is 4.90 Å². The highest BCUT2D eigenvalue weighted by Crippen LogP contribution is 2.12. The molecule has 1 aromatic rings. The van der Waals surface area contributed by atoms with Crippen molar-refractivity contribution in [2.45, 2.75) is 27.3 Å². The molecule has 0 aromatic carbocycles. The molecule has 86 valence electrons. The molecule has 0 bridgehead atoms. The highest BCUT2D eigenvalue weighted by Gasteiger charge is 2.09. The molecule has 0 fully saturated rings. The quantitative estimate of drug-likeness (QED) is 0.806. The van der Waals surface area contributed by atoms with E-state index in [4.69, 9.17) is 5.73 Å². The number of thiazole rings is 1. The van der Waals surface area contributed by atoms with Crippen LogP contribution in [-0.4, -0.2) is 29.5 Å². The Kier molecular flexibility index (Phi) is 5.22. The predicted molar refractivity (Wildman–Crippen MR) is 66.0 cm³/mol. The molecule has 1 rings (SSSR count). The Hall–Kier alpha value is -0.450. The van der Waals surface area contributed by atoms with Crippen LogP contribution in [0.25, 0.3) is 0 Å². The summed E-state index contributed by atoms with van der Waals surface area (Å²) in [4.78, 5) is 6.85. The highest BCUT2D eigenvalue weighted by molar-refractivity contribution is 7.09. The van der Waals surface area contributed by atoms with Gasteiger partial charge in [-0.05, 0) is 12.8 Å². The largest absolute Gasteiger partial charge is 0.329 e. The van der Waals surface area contributed by atoms with Crippen molar-refractivity contribution in [2.75, 3.05) is 19.6 Å². The van der Waals surface area contributed by atoms with Gasteiger partial charge in [0.05, 0.1) is 6.54 Å². The summed E-state index contributed by atoms with van der Waals surface area (Å²) < 4.78 is 0. The number of hydrogen-bond acceptors (Lipinski definition) is 4. The topological polar surface area (TPSA) is 42.1 Å². The van der Waals surface area contributed by atoms with E-state index in [1.54, 1.807) is 11.3 Å². The number of aromatic nitrogens is 1. The Bertz CT molecular complexity index is 283. The number of nitrogens with two attached hydrogens (primary N) is 1. The van der Waals surface area contributed by atoms with Crippen molar-refractivity contribution in [1.82, 2.24) is 9.88 Å². The van der Waals surface area contributed by atoms with E-state index in [-0.39, 0.29) is 0 Å². The highest BCUT2D eigenvalue weighted by atomic mass is 32.1. The number of hydrogen-bond donors (Lipinski definition) is 1. The van der Waals surface area contributed by atoms with E-state index >= 15 is 0 Å². The fourth-order valence-electron chi connectivity index (χ4n) is 1.60. The minimum Gasteiger partial charge on any atom is -0.329 e. The van der Waals surface area contributed by atoms with E-state index in [0.29, 0.717) is 5.92 Å². The van der Waals surface area contributed by atoms with Crippen LogP contribution in [0.1, 0.15) is 24.5 Å². The Balaban J connectivity index is 2.50. The second-order valence-electron chi connectivity index (χ2n) is 4.30. The number of nitrogens with zero attached hydrogens (tertiary/aromatic N) is 2. The zero-order valence-corrected chi connectivity index (χ0v) is 10.7. The van der Waals surface area contributed by atoms with Crippen LogP contribution in [-0.2, 0) is 6.54 Å². The minimum atomic E-state index is 0.678. The SMILES string of the molecule is Cc1csc(CN(CCN)CC(C)C)n1. The van der Waals surface area contributed by atoms with E-state index in [0.717, 1.165) is 31.9 Å². The Labute approximate surface area is 96.3 Å². The Morgan fingerprint density at radius 2 is 2.27 bits per heavy atom. The van der Waals surface area contributed by atoms with Crippen molar-refractivity contribution in [3.63, 3.8) is 0 Å². The third-order valence-electron chi connectivity index (χ3n) is 2.09. The first-order valence-corrected chi connectivity index (χ1v) is 6.33. The summed E-state index contributed by atoms with van der Waals surface area (Å²) in [5.41, 5.74) is 6.72. The minimum absolute atomic E-state index is 0.678. The van der Waals surface area contributed by atoms with Gasteiger partial charge in [0, 0.05) is 30.7 Å². The van der Waals surface area contributed by atoms with Crippen molar-refractivity contribution >= 4 is 11.3 Å². The smallest absolute Gasteiger partial charge is 0.107 e. The van der Waals surface area contributed by atoms with Crippen LogP contribution in [0.4, 0.5) is 0 Å². The van der Waals surface area contributed by atoms with Crippen LogP contribution in [0.2, 0.25) is 0 Å². The predicted octanol–water partition coefficient (Wildman–Crippen LogP) is 1.87. The number of aryl methyl sites for hydroxylation is 1. The number of rotatable bonds is 6. The average molecular weight is 227 g/mol. The Morgan fingerprint density at radius 1 is 1.53 bits per heavy atom. The van der Waals surface area contributed by atoms with Crippen molar-refractivity contribution in [2.24, 2.45) is 11.7 Å². The van der Waals surface area contributed by atoms with Gasteiger partial charge in [0.2, 0.25) is 0 Å². The normalized spacial score (nSPS) is 11.6. The van der Waals surface area contributed by atoms with Crippen LogP contribution >= 0.6 is 11.3 Å². The molecule has 0 aliphatic heterocycles. The van der Waals surface area contributed by atoms with Crippen LogP contribution in [0.3, 0.4) is 0 Å². The molecule has 3 nitrogen and oxygen atoms in total. The maximum absolute atomic E-state index is 5.61. The molecule has 1 heterocycles. The summed E-state index contributed by atoms with van der Waals surface area (Å²) in [6.45, 7) is 10.2. The van der Waals surface area contributed by atoms with E-state index in [1.165, 1.54) is 5.01 Å². The lowest BCUT2D eigenvalue weighted by molar-refractivity contribution is 0.242. The summed E-state index contributed by atoms with van der Waals surface area (Å²) in [6.07, 6.45) is 0. The van der Waals surface area contributed by atoms with E-state index in [2.05, 4.69) is 29.1 Å². The summed E-state index contributed by atoms with van der Waals surface area (Å²) in [7, 11) is 0. The molecular formula is C11H21N3S. The van der Waals surface area contributed by atoms with Crippen LogP contribution < -0.4 is 5.73 Å². The molecule has 0 saturated heterocycles. The molecule has 0 atom stereocenters. The first-order valence-electron chi connectivity index (χ1n) is 5.45. The maximum atomic E-state index is 5.61. The summed E-state index contributed by atoms with van der Waals surface area (Å²) in [6, 6.07) is 0. The second kappa shape index (κ2) is 6.20. The van der Waals surface area contributed by atoms with Crippen LogP contribution in [0, 0.1) is 12.8 Å². The van der Waals surface area contributed by atoms with Crippen molar-refractivity contribution < 1.29 is 0 Å². The van der Waals surface area contributed by atoms with Crippen LogP contribution in [0.15, 0.2) is 5.38 Å². The summed E-state index contributed by atoms with van der Waals surface area (Å²) in [5, 5.41) is 3.30. The summed E-state index contributed by atoms with van der Waals surface area (Å²) >= 11 is 1.74. The zero-order chi connectivity index (χ0) is 11.3. The molecule has 0 amide bonds. The average Bonchev–Trinajstić information content (AvgIpc) is 2.50. The van der Waals surface area contributed by atoms with Gasteiger partial charge in [0.25, 0.3) is 0 Å². The molecule has 15 heavy (non-hydrogen) atoms. The molecular weight excluding hydrogens is 206 g/mol. The fraction of sp³-hybridized carbons (Fsp3) is 0.727.